The summed E-state index contributed by atoms with van der Waals surface area (Å²) in [5.41, 5.74) is 1.20. The molecule has 2 aliphatic rings. The van der Waals surface area contributed by atoms with Gasteiger partial charge in [-0.15, -0.1) is 0 Å². The average Bonchev–Trinajstić information content (AvgIpc) is 2.90. The third-order valence-electron chi connectivity index (χ3n) is 3.89. The molecule has 0 aliphatic carbocycles. The number of rotatable bonds is 2. The second-order valence-electron chi connectivity index (χ2n) is 4.81. The summed E-state index contributed by atoms with van der Waals surface area (Å²) in [5.74, 6) is 2.02. The van der Waals surface area contributed by atoms with Crippen molar-refractivity contribution in [1.29, 1.82) is 0 Å². The lowest BCUT2D eigenvalue weighted by Crippen LogP contribution is -2.34. The molecule has 16 heavy (non-hydrogen) atoms. The third kappa shape index (κ3) is 1.59. The maximum absolute atomic E-state index is 4.73. The first-order chi connectivity index (χ1) is 7.88. The molecule has 3 nitrogen and oxygen atoms in total. The normalized spacial score (nSPS) is 28.4. The molecule has 0 radical (unpaired) electrons. The van der Waals surface area contributed by atoms with E-state index in [1.807, 2.05) is 0 Å². The summed E-state index contributed by atoms with van der Waals surface area (Å²) in [4.78, 5) is 7.22. The molecule has 0 aromatic carbocycles. The van der Waals surface area contributed by atoms with Gasteiger partial charge in [-0.05, 0) is 30.9 Å². The first-order valence-corrected chi connectivity index (χ1v) is 6.32. The summed E-state index contributed by atoms with van der Waals surface area (Å²) in [6.45, 7) is 5.66. The molecule has 2 saturated heterocycles. The van der Waals surface area contributed by atoms with E-state index in [2.05, 4.69) is 35.3 Å². The molecule has 2 aliphatic heterocycles. The lowest BCUT2D eigenvalue weighted by atomic mass is 10.1. The number of anilines is 1. The van der Waals surface area contributed by atoms with Crippen LogP contribution in [0.3, 0.4) is 0 Å². The minimum atomic E-state index is 0. The first kappa shape index (κ1) is 10.1. The van der Waals surface area contributed by atoms with Crippen molar-refractivity contribution in [3.63, 3.8) is 0 Å². The number of nitrogens with one attached hydrogen (secondary N) is 1. The Balaban J connectivity index is 0.00000108. The molecule has 1 aromatic heterocycles. The zero-order valence-electron chi connectivity index (χ0n) is 9.82. The van der Waals surface area contributed by atoms with Crippen LogP contribution in [0.1, 0.15) is 20.5 Å². The Bertz CT molecular complexity index is 383. The highest BCUT2D eigenvalue weighted by Crippen LogP contribution is 2.30. The number of aromatic nitrogens is 1. The van der Waals surface area contributed by atoms with Gasteiger partial charge in [-0.1, -0.05) is 13.0 Å². The molecule has 3 heteroatoms. The summed E-state index contributed by atoms with van der Waals surface area (Å²) in [7, 11) is 0. The molecule has 0 spiro atoms. The van der Waals surface area contributed by atoms with Gasteiger partial charge in [0.15, 0.2) is 0 Å². The zero-order chi connectivity index (χ0) is 11.0. The number of nitrogens with zero attached hydrogens (tertiary/aromatic N) is 2. The van der Waals surface area contributed by atoms with Gasteiger partial charge in [0.1, 0.15) is 5.82 Å². The van der Waals surface area contributed by atoms with E-state index in [4.69, 9.17) is 4.98 Å². The van der Waals surface area contributed by atoms with E-state index in [1.165, 1.54) is 31.0 Å². The Labute approximate surface area is 98.4 Å². The molecule has 1 aromatic rings. The van der Waals surface area contributed by atoms with Crippen molar-refractivity contribution >= 4 is 5.82 Å². The Morgan fingerprint density at radius 3 is 3.31 bits per heavy atom. The smallest absolute Gasteiger partial charge is 0.129 e. The van der Waals surface area contributed by atoms with Gasteiger partial charge in [0.05, 0.1) is 0 Å². The summed E-state index contributed by atoms with van der Waals surface area (Å²) in [6.07, 6.45) is 2.34. The van der Waals surface area contributed by atoms with Crippen LogP contribution < -0.4 is 10.2 Å². The molecular weight excluding hydrogens is 198 g/mol. The highest BCUT2D eigenvalue weighted by Gasteiger charge is 2.37. The molecule has 2 atom stereocenters. The standard InChI is InChI=1S/C13H19N3.H2/c1-2-11-4-3-5-13(15-11)16-7-6-10-8-14-9-12(10)16;/h3-5,10,12,14H,2,6-9H2,1H3;1H/t10-,12+;/m0./s1. The van der Waals surface area contributed by atoms with Crippen LogP contribution in [0.25, 0.3) is 0 Å². The van der Waals surface area contributed by atoms with Gasteiger partial charge < -0.3 is 10.2 Å². The lowest BCUT2D eigenvalue weighted by molar-refractivity contribution is 0.577. The monoisotopic (exact) mass is 219 g/mol. The summed E-state index contributed by atoms with van der Waals surface area (Å²) < 4.78 is 0. The van der Waals surface area contributed by atoms with Crippen molar-refractivity contribution < 1.29 is 1.43 Å². The van der Waals surface area contributed by atoms with Gasteiger partial charge in [-0.3, -0.25) is 0 Å². The summed E-state index contributed by atoms with van der Waals surface area (Å²) >= 11 is 0. The van der Waals surface area contributed by atoms with Crippen LogP contribution in [0.4, 0.5) is 5.82 Å². The number of pyridine rings is 1. The van der Waals surface area contributed by atoms with Crippen LogP contribution >= 0.6 is 0 Å². The fourth-order valence-electron chi connectivity index (χ4n) is 2.96. The SMILES string of the molecule is CCc1cccc(N2CC[C@H]3CNC[C@H]32)n1.[HH]. The van der Waals surface area contributed by atoms with E-state index in [1.54, 1.807) is 0 Å². The highest BCUT2D eigenvalue weighted by atomic mass is 15.3. The first-order valence-electron chi connectivity index (χ1n) is 6.32. The molecule has 88 valence electrons. The molecule has 2 fully saturated rings. The van der Waals surface area contributed by atoms with Gasteiger partial charge in [0.2, 0.25) is 0 Å². The summed E-state index contributed by atoms with van der Waals surface area (Å²) in [5, 5.41) is 3.48. The van der Waals surface area contributed by atoms with E-state index in [0.29, 0.717) is 6.04 Å². The van der Waals surface area contributed by atoms with Gasteiger partial charge in [0.25, 0.3) is 0 Å². The number of hydrogen-bond donors (Lipinski definition) is 1. The second-order valence-corrected chi connectivity index (χ2v) is 4.81. The Morgan fingerprint density at radius 1 is 1.50 bits per heavy atom. The van der Waals surface area contributed by atoms with Gasteiger partial charge in [-0.25, -0.2) is 4.98 Å². The largest absolute Gasteiger partial charge is 0.352 e. The molecule has 3 rings (SSSR count). The minimum Gasteiger partial charge on any atom is -0.352 e. The molecule has 0 unspecified atom stereocenters. The number of aryl methyl sites for hydroxylation is 1. The van der Waals surface area contributed by atoms with Crippen LogP contribution in [0.5, 0.6) is 0 Å². The van der Waals surface area contributed by atoms with E-state index in [9.17, 15) is 0 Å². The molecule has 0 saturated carbocycles. The maximum Gasteiger partial charge on any atom is 0.129 e. The van der Waals surface area contributed by atoms with Crippen molar-refractivity contribution in [2.75, 3.05) is 24.5 Å². The van der Waals surface area contributed by atoms with Crippen LogP contribution in [-0.4, -0.2) is 30.7 Å². The van der Waals surface area contributed by atoms with E-state index >= 15 is 0 Å². The topological polar surface area (TPSA) is 28.2 Å². The molecule has 0 amide bonds. The van der Waals surface area contributed by atoms with Crippen LogP contribution in [0.15, 0.2) is 18.2 Å². The van der Waals surface area contributed by atoms with Crippen molar-refractivity contribution in [1.82, 2.24) is 10.3 Å². The Morgan fingerprint density at radius 2 is 2.44 bits per heavy atom. The van der Waals surface area contributed by atoms with Crippen molar-refractivity contribution in [2.45, 2.75) is 25.8 Å². The van der Waals surface area contributed by atoms with E-state index in [0.717, 1.165) is 18.9 Å². The number of fused-ring (bicyclic) bond motifs is 1. The molecule has 0 bridgehead atoms. The fourth-order valence-corrected chi connectivity index (χ4v) is 2.96. The van der Waals surface area contributed by atoms with Crippen molar-refractivity contribution in [3.05, 3.63) is 23.9 Å². The third-order valence-corrected chi connectivity index (χ3v) is 3.89. The zero-order valence-corrected chi connectivity index (χ0v) is 9.82. The average molecular weight is 219 g/mol. The van der Waals surface area contributed by atoms with E-state index < -0.39 is 0 Å². The minimum absolute atomic E-state index is 0. The van der Waals surface area contributed by atoms with Crippen molar-refractivity contribution in [2.24, 2.45) is 5.92 Å². The van der Waals surface area contributed by atoms with Gasteiger partial charge >= 0.3 is 0 Å². The predicted octanol–water partition coefficient (Wildman–Crippen LogP) is 1.69. The highest BCUT2D eigenvalue weighted by molar-refractivity contribution is 5.43. The second kappa shape index (κ2) is 4.06. The number of hydrogen-bond acceptors (Lipinski definition) is 3. The summed E-state index contributed by atoms with van der Waals surface area (Å²) in [6, 6.07) is 7.08. The fraction of sp³-hybridized carbons (Fsp3) is 0.615. The Kier molecular flexibility index (Phi) is 2.56. The van der Waals surface area contributed by atoms with Crippen molar-refractivity contribution in [3.8, 4) is 0 Å². The van der Waals surface area contributed by atoms with Crippen LogP contribution in [0, 0.1) is 5.92 Å². The van der Waals surface area contributed by atoms with E-state index in [-0.39, 0.29) is 1.43 Å². The quantitative estimate of drug-likeness (QED) is 0.820. The molecule has 3 heterocycles. The van der Waals surface area contributed by atoms with Gasteiger partial charge in [0, 0.05) is 32.8 Å². The Hall–Kier alpha value is -1.09. The maximum atomic E-state index is 4.73. The van der Waals surface area contributed by atoms with Crippen LogP contribution in [0.2, 0.25) is 0 Å². The van der Waals surface area contributed by atoms with Crippen LogP contribution in [-0.2, 0) is 6.42 Å². The molecular formula is C13H21N3. The predicted molar refractivity (Wildman–Crippen MR) is 67.8 cm³/mol. The lowest BCUT2D eigenvalue weighted by Gasteiger charge is -2.24. The van der Waals surface area contributed by atoms with Gasteiger partial charge in [-0.2, -0.15) is 0 Å². The molecule has 1 N–H and O–H groups in total.